The normalized spacial score (nSPS) is 17.0. The van der Waals surface area contributed by atoms with Crippen molar-refractivity contribution >= 4 is 23.2 Å². The fourth-order valence-corrected chi connectivity index (χ4v) is 4.11. The zero-order valence-electron chi connectivity index (χ0n) is 19.0. The molecule has 1 atom stereocenters. The fraction of sp³-hybridized carbons (Fsp3) is 0.185. The molecule has 34 heavy (non-hydrogen) atoms. The van der Waals surface area contributed by atoms with Crippen LogP contribution >= 0.6 is 0 Å². The van der Waals surface area contributed by atoms with Crippen molar-refractivity contribution in [1.82, 2.24) is 9.88 Å². The summed E-state index contributed by atoms with van der Waals surface area (Å²) in [6, 6.07) is 23.0. The standard InChI is InChI=1S/C27H24N4O3/c1-33-24-14-13-20(26(30-24)34-2)16-22-27(32)31-17-23(19-11-7-4-8-12-19)28-21(25(31)29-22)15-18-9-5-3-6-10-18/h3-14,17,22H,15-16H2,1-2H3. The molecular weight excluding hydrogens is 428 g/mol. The van der Waals surface area contributed by atoms with Crippen LogP contribution in [0.1, 0.15) is 16.7 Å². The lowest BCUT2D eigenvalue weighted by molar-refractivity contribution is -0.125. The predicted molar refractivity (Wildman–Crippen MR) is 131 cm³/mol. The number of fused-ring (bicyclic) bond motifs is 1. The molecule has 1 aromatic heterocycles. The molecule has 0 saturated carbocycles. The fourth-order valence-electron chi connectivity index (χ4n) is 4.11. The van der Waals surface area contributed by atoms with Crippen molar-refractivity contribution in [2.45, 2.75) is 18.9 Å². The van der Waals surface area contributed by atoms with Gasteiger partial charge in [0.1, 0.15) is 6.04 Å². The summed E-state index contributed by atoms with van der Waals surface area (Å²) in [6.07, 6.45) is 2.73. The van der Waals surface area contributed by atoms with Crippen LogP contribution in [0, 0.1) is 0 Å². The van der Waals surface area contributed by atoms with Gasteiger partial charge in [0.05, 0.1) is 25.6 Å². The van der Waals surface area contributed by atoms with Crippen LogP contribution in [0.25, 0.3) is 5.70 Å². The van der Waals surface area contributed by atoms with E-state index in [0.717, 1.165) is 28.1 Å². The number of carbonyl (C=O) groups excluding carboxylic acids is 1. The first-order chi connectivity index (χ1) is 16.7. The van der Waals surface area contributed by atoms with Gasteiger partial charge in [-0.15, -0.1) is 0 Å². The van der Waals surface area contributed by atoms with Crippen LogP contribution in [0.15, 0.2) is 89.0 Å². The number of hydrogen-bond acceptors (Lipinski definition) is 6. The summed E-state index contributed by atoms with van der Waals surface area (Å²) in [7, 11) is 3.10. The highest BCUT2D eigenvalue weighted by Crippen LogP contribution is 2.29. The molecule has 0 saturated heterocycles. The van der Waals surface area contributed by atoms with Crippen LogP contribution in [0.5, 0.6) is 11.8 Å². The van der Waals surface area contributed by atoms with Gasteiger partial charge in [0.2, 0.25) is 11.8 Å². The molecule has 2 aliphatic rings. The molecule has 1 unspecified atom stereocenters. The van der Waals surface area contributed by atoms with E-state index in [1.165, 1.54) is 0 Å². The molecule has 3 aromatic rings. The van der Waals surface area contributed by atoms with Gasteiger partial charge in [0.25, 0.3) is 5.91 Å². The van der Waals surface area contributed by atoms with Gasteiger partial charge in [-0.3, -0.25) is 14.7 Å². The molecule has 1 amide bonds. The number of pyridine rings is 1. The van der Waals surface area contributed by atoms with Gasteiger partial charge in [0, 0.05) is 36.2 Å². The van der Waals surface area contributed by atoms with E-state index in [0.29, 0.717) is 30.4 Å². The van der Waals surface area contributed by atoms with E-state index in [1.54, 1.807) is 31.4 Å². The number of methoxy groups -OCH3 is 2. The number of hydrogen-bond donors (Lipinski definition) is 0. The van der Waals surface area contributed by atoms with E-state index < -0.39 is 6.04 Å². The second-order valence-electron chi connectivity index (χ2n) is 8.00. The average molecular weight is 453 g/mol. The third kappa shape index (κ3) is 4.20. The zero-order valence-corrected chi connectivity index (χ0v) is 19.0. The van der Waals surface area contributed by atoms with Gasteiger partial charge in [-0.2, -0.15) is 4.98 Å². The van der Waals surface area contributed by atoms with Crippen molar-refractivity contribution in [1.29, 1.82) is 0 Å². The third-order valence-corrected chi connectivity index (χ3v) is 5.81. The molecule has 5 rings (SSSR count). The average Bonchev–Trinajstić information content (AvgIpc) is 3.20. The minimum Gasteiger partial charge on any atom is -0.481 e. The van der Waals surface area contributed by atoms with Gasteiger partial charge in [-0.25, -0.2) is 4.99 Å². The molecule has 0 radical (unpaired) electrons. The van der Waals surface area contributed by atoms with Crippen molar-refractivity contribution in [3.05, 3.63) is 95.7 Å². The Labute approximate surface area is 198 Å². The number of benzene rings is 2. The van der Waals surface area contributed by atoms with Crippen molar-refractivity contribution in [3.63, 3.8) is 0 Å². The molecule has 7 nitrogen and oxygen atoms in total. The molecule has 0 fully saturated rings. The first kappa shape index (κ1) is 21.6. The molecule has 2 aromatic carbocycles. The summed E-state index contributed by atoms with van der Waals surface area (Å²) in [5.41, 5.74) is 4.35. The van der Waals surface area contributed by atoms with Crippen LogP contribution in [-0.4, -0.2) is 47.6 Å². The van der Waals surface area contributed by atoms with Gasteiger partial charge in [-0.05, 0) is 11.6 Å². The Morgan fingerprint density at radius 1 is 0.912 bits per heavy atom. The van der Waals surface area contributed by atoms with Gasteiger partial charge in [-0.1, -0.05) is 60.7 Å². The van der Waals surface area contributed by atoms with Crippen molar-refractivity contribution in [2.24, 2.45) is 9.98 Å². The van der Waals surface area contributed by atoms with Crippen molar-refractivity contribution in [3.8, 4) is 11.8 Å². The van der Waals surface area contributed by atoms with Crippen LogP contribution in [0.3, 0.4) is 0 Å². The topological polar surface area (TPSA) is 76.4 Å². The Morgan fingerprint density at radius 2 is 1.65 bits per heavy atom. The maximum atomic E-state index is 13.5. The predicted octanol–water partition coefficient (Wildman–Crippen LogP) is 3.95. The Bertz CT molecular complexity index is 1300. The number of rotatable bonds is 7. The van der Waals surface area contributed by atoms with E-state index in [9.17, 15) is 4.79 Å². The Kier molecular flexibility index (Phi) is 5.91. The monoisotopic (exact) mass is 452 g/mol. The number of ether oxygens (including phenoxy) is 2. The van der Waals surface area contributed by atoms with E-state index in [4.69, 9.17) is 19.5 Å². The number of aromatic nitrogens is 1. The summed E-state index contributed by atoms with van der Waals surface area (Å²) in [5, 5.41) is 0. The van der Waals surface area contributed by atoms with Crippen molar-refractivity contribution in [2.75, 3.05) is 14.2 Å². The molecule has 2 aliphatic heterocycles. The lowest BCUT2D eigenvalue weighted by Crippen LogP contribution is -2.38. The maximum absolute atomic E-state index is 13.5. The Morgan fingerprint density at radius 3 is 2.35 bits per heavy atom. The summed E-state index contributed by atoms with van der Waals surface area (Å²) in [5.74, 6) is 1.38. The lowest BCUT2D eigenvalue weighted by Gasteiger charge is -2.22. The minimum absolute atomic E-state index is 0.0956. The van der Waals surface area contributed by atoms with E-state index in [1.807, 2.05) is 54.6 Å². The Hall–Kier alpha value is -4.26. The zero-order chi connectivity index (χ0) is 23.5. The van der Waals surface area contributed by atoms with Crippen LogP contribution in [0.4, 0.5) is 0 Å². The Balaban J connectivity index is 1.50. The molecule has 0 N–H and O–H groups in total. The van der Waals surface area contributed by atoms with E-state index >= 15 is 0 Å². The van der Waals surface area contributed by atoms with Gasteiger partial charge >= 0.3 is 0 Å². The second kappa shape index (κ2) is 9.31. The molecule has 0 spiro atoms. The molecule has 170 valence electrons. The third-order valence-electron chi connectivity index (χ3n) is 5.81. The molecule has 0 aliphatic carbocycles. The van der Waals surface area contributed by atoms with Crippen LogP contribution in [-0.2, 0) is 17.6 Å². The first-order valence-corrected chi connectivity index (χ1v) is 11.0. The number of aliphatic imine (C=N–C) groups is 2. The molecule has 7 heteroatoms. The van der Waals surface area contributed by atoms with Crippen molar-refractivity contribution < 1.29 is 14.3 Å². The molecular formula is C27H24N4O3. The van der Waals surface area contributed by atoms with E-state index in [-0.39, 0.29) is 5.91 Å². The molecule has 3 heterocycles. The smallest absolute Gasteiger partial charge is 0.257 e. The summed E-state index contributed by atoms with van der Waals surface area (Å²) < 4.78 is 10.6. The molecule has 0 bridgehead atoms. The first-order valence-electron chi connectivity index (χ1n) is 11.0. The highest BCUT2D eigenvalue weighted by Gasteiger charge is 2.38. The largest absolute Gasteiger partial charge is 0.481 e. The second-order valence-corrected chi connectivity index (χ2v) is 8.00. The number of amides is 1. The highest BCUT2D eigenvalue weighted by molar-refractivity contribution is 6.47. The van der Waals surface area contributed by atoms with E-state index in [2.05, 4.69) is 17.1 Å². The summed E-state index contributed by atoms with van der Waals surface area (Å²) in [4.78, 5) is 29.2. The maximum Gasteiger partial charge on any atom is 0.257 e. The summed E-state index contributed by atoms with van der Waals surface area (Å²) >= 11 is 0. The van der Waals surface area contributed by atoms with Gasteiger partial charge in [0.15, 0.2) is 5.84 Å². The minimum atomic E-state index is -0.591. The number of nitrogens with zero attached hydrogens (tertiary/aromatic N) is 4. The SMILES string of the molecule is COc1ccc(CC2N=C3C(Cc4ccccc4)=NC(c4ccccc4)=CN3C2=O)c(OC)n1. The summed E-state index contributed by atoms with van der Waals surface area (Å²) in [6.45, 7) is 0. The number of amidine groups is 1. The lowest BCUT2D eigenvalue weighted by atomic mass is 10.0. The van der Waals surface area contributed by atoms with Crippen LogP contribution in [0.2, 0.25) is 0 Å². The van der Waals surface area contributed by atoms with Crippen LogP contribution < -0.4 is 9.47 Å². The highest BCUT2D eigenvalue weighted by atomic mass is 16.5. The van der Waals surface area contributed by atoms with Gasteiger partial charge < -0.3 is 9.47 Å². The number of carbonyl (C=O) groups is 1. The quantitative estimate of drug-likeness (QED) is 0.544.